The van der Waals surface area contributed by atoms with Gasteiger partial charge < -0.3 is 20.1 Å². The van der Waals surface area contributed by atoms with Crippen LogP contribution in [0.3, 0.4) is 0 Å². The topological polar surface area (TPSA) is 44.6 Å². The van der Waals surface area contributed by atoms with Gasteiger partial charge in [-0.05, 0) is 55.7 Å². The highest BCUT2D eigenvalue weighted by Gasteiger charge is 2.22. The number of aliphatic imine (C=N–C) groups is 1. The van der Waals surface area contributed by atoms with Crippen molar-refractivity contribution in [2.75, 3.05) is 37.6 Å². The summed E-state index contributed by atoms with van der Waals surface area (Å²) in [7, 11) is 0. The molecule has 2 aromatic rings. The van der Waals surface area contributed by atoms with Gasteiger partial charge in [0.2, 0.25) is 0 Å². The van der Waals surface area contributed by atoms with Crippen LogP contribution in [0.25, 0.3) is 0 Å². The van der Waals surface area contributed by atoms with Crippen LogP contribution in [0.2, 0.25) is 0 Å². The Morgan fingerprint density at radius 1 is 1.19 bits per heavy atom. The molecule has 0 aliphatic carbocycles. The molecule has 5 nitrogen and oxygen atoms in total. The summed E-state index contributed by atoms with van der Waals surface area (Å²) in [6.45, 7) is 7.85. The van der Waals surface area contributed by atoms with Crippen molar-refractivity contribution in [3.05, 3.63) is 53.3 Å². The van der Waals surface area contributed by atoms with E-state index in [0.717, 1.165) is 49.7 Å². The summed E-state index contributed by atoms with van der Waals surface area (Å²) < 4.78 is 3.30. The Kier molecular flexibility index (Phi) is 7.00. The van der Waals surface area contributed by atoms with E-state index in [0.29, 0.717) is 5.92 Å². The maximum atomic E-state index is 4.81. The van der Waals surface area contributed by atoms with Crippen molar-refractivity contribution in [2.24, 2.45) is 10.9 Å². The Labute approximate surface area is 164 Å². The van der Waals surface area contributed by atoms with Crippen LogP contribution in [0.15, 0.2) is 58.3 Å². The Morgan fingerprint density at radius 3 is 2.69 bits per heavy atom. The first-order chi connectivity index (χ1) is 12.7. The average molecular weight is 418 g/mol. The number of nitrogens with one attached hydrogen (secondary N) is 2. The van der Waals surface area contributed by atoms with Crippen LogP contribution < -0.4 is 15.5 Å². The lowest BCUT2D eigenvalue weighted by Crippen LogP contribution is -2.39. The predicted molar refractivity (Wildman–Crippen MR) is 113 cm³/mol. The zero-order valence-corrected chi connectivity index (χ0v) is 17.0. The quantitative estimate of drug-likeness (QED) is 0.536. The molecule has 0 radical (unpaired) electrons. The number of anilines is 1. The van der Waals surface area contributed by atoms with E-state index in [1.54, 1.807) is 0 Å². The highest BCUT2D eigenvalue weighted by atomic mass is 79.9. The van der Waals surface area contributed by atoms with Crippen LogP contribution in [-0.2, 0) is 6.54 Å². The summed E-state index contributed by atoms with van der Waals surface area (Å²) in [6.07, 6.45) is 5.37. The third-order valence-electron chi connectivity index (χ3n) is 4.66. The average Bonchev–Trinajstić information content (AvgIpc) is 3.32. The van der Waals surface area contributed by atoms with Gasteiger partial charge in [-0.2, -0.15) is 0 Å². The monoisotopic (exact) mass is 417 g/mol. The summed E-state index contributed by atoms with van der Waals surface area (Å²) in [5, 5.41) is 6.78. The van der Waals surface area contributed by atoms with E-state index in [2.05, 4.69) is 91.7 Å². The molecule has 26 heavy (non-hydrogen) atoms. The second kappa shape index (κ2) is 9.67. The van der Waals surface area contributed by atoms with Crippen LogP contribution in [0, 0.1) is 5.92 Å². The van der Waals surface area contributed by atoms with Gasteiger partial charge in [0.15, 0.2) is 5.96 Å². The van der Waals surface area contributed by atoms with Gasteiger partial charge in [0.25, 0.3) is 0 Å². The molecule has 6 heteroatoms. The molecule has 1 saturated heterocycles. The molecule has 2 N–H and O–H groups in total. The zero-order valence-electron chi connectivity index (χ0n) is 15.4. The number of halogens is 1. The summed E-state index contributed by atoms with van der Waals surface area (Å²) in [5.41, 5.74) is 1.30. The van der Waals surface area contributed by atoms with Gasteiger partial charge in [-0.15, -0.1) is 0 Å². The molecule has 3 rings (SSSR count). The van der Waals surface area contributed by atoms with E-state index in [1.165, 1.54) is 12.1 Å². The van der Waals surface area contributed by atoms with Gasteiger partial charge in [-0.1, -0.05) is 15.9 Å². The molecule has 1 atom stereocenters. The van der Waals surface area contributed by atoms with Crippen LogP contribution in [-0.4, -0.2) is 43.3 Å². The van der Waals surface area contributed by atoms with E-state index in [9.17, 15) is 0 Å². The molecule has 0 amide bonds. The predicted octanol–water partition coefficient (Wildman–Crippen LogP) is 3.33. The summed E-state index contributed by atoms with van der Waals surface area (Å²) in [6, 6.07) is 12.7. The van der Waals surface area contributed by atoms with E-state index < -0.39 is 0 Å². The van der Waals surface area contributed by atoms with Crippen molar-refractivity contribution in [3.63, 3.8) is 0 Å². The minimum atomic E-state index is 0.610. The molecule has 1 aromatic heterocycles. The van der Waals surface area contributed by atoms with Crippen LogP contribution in [0.1, 0.15) is 13.3 Å². The van der Waals surface area contributed by atoms with Gasteiger partial charge in [0.1, 0.15) is 0 Å². The smallest absolute Gasteiger partial charge is 0.191 e. The number of nitrogens with zero attached hydrogens (tertiary/aromatic N) is 3. The fourth-order valence-corrected chi connectivity index (χ4v) is 3.52. The Bertz CT molecular complexity index is 681. The first-order valence-electron chi connectivity index (χ1n) is 9.38. The molecule has 0 bridgehead atoms. The SMILES string of the molecule is CCNC(=NCC1CCN(c2ccc(Br)cc2)C1)NCCn1cccc1. The second-order valence-corrected chi connectivity index (χ2v) is 7.56. The van der Waals surface area contributed by atoms with Crippen molar-refractivity contribution in [1.29, 1.82) is 0 Å². The molecule has 1 aliphatic rings. The molecule has 1 fully saturated rings. The normalized spacial score (nSPS) is 17.5. The maximum Gasteiger partial charge on any atom is 0.191 e. The first-order valence-corrected chi connectivity index (χ1v) is 10.2. The molecule has 1 unspecified atom stereocenters. The lowest BCUT2D eigenvalue weighted by Gasteiger charge is -2.18. The van der Waals surface area contributed by atoms with Gasteiger partial charge in [0.05, 0.1) is 0 Å². The second-order valence-electron chi connectivity index (χ2n) is 6.64. The molecule has 1 aromatic carbocycles. The van der Waals surface area contributed by atoms with Crippen LogP contribution in [0.5, 0.6) is 0 Å². The highest BCUT2D eigenvalue weighted by molar-refractivity contribution is 9.10. The van der Waals surface area contributed by atoms with E-state index in [-0.39, 0.29) is 0 Å². The largest absolute Gasteiger partial charge is 0.371 e. The van der Waals surface area contributed by atoms with Crippen LogP contribution >= 0.6 is 15.9 Å². The number of guanidine groups is 1. The Balaban J connectivity index is 1.47. The van der Waals surface area contributed by atoms with Crippen molar-refractivity contribution in [1.82, 2.24) is 15.2 Å². The molecular weight excluding hydrogens is 390 g/mol. The number of hydrogen-bond acceptors (Lipinski definition) is 2. The third kappa shape index (κ3) is 5.53. The van der Waals surface area contributed by atoms with Gasteiger partial charge in [-0.25, -0.2) is 0 Å². The van der Waals surface area contributed by atoms with Gasteiger partial charge in [0, 0.05) is 61.8 Å². The Morgan fingerprint density at radius 2 is 1.96 bits per heavy atom. The van der Waals surface area contributed by atoms with E-state index in [1.807, 2.05) is 0 Å². The number of hydrogen-bond donors (Lipinski definition) is 2. The fraction of sp³-hybridized carbons (Fsp3) is 0.450. The van der Waals surface area contributed by atoms with E-state index in [4.69, 9.17) is 4.99 Å². The molecule has 1 aliphatic heterocycles. The lowest BCUT2D eigenvalue weighted by atomic mass is 10.1. The summed E-state index contributed by atoms with van der Waals surface area (Å²) >= 11 is 3.50. The van der Waals surface area contributed by atoms with E-state index >= 15 is 0 Å². The minimum Gasteiger partial charge on any atom is -0.371 e. The fourth-order valence-electron chi connectivity index (χ4n) is 3.25. The lowest BCUT2D eigenvalue weighted by molar-refractivity contribution is 0.596. The van der Waals surface area contributed by atoms with Crippen LogP contribution in [0.4, 0.5) is 5.69 Å². The molecule has 140 valence electrons. The Hall–Kier alpha value is -1.95. The van der Waals surface area contributed by atoms with Crippen molar-refractivity contribution in [2.45, 2.75) is 19.9 Å². The first kappa shape index (κ1) is 18.8. The summed E-state index contributed by atoms with van der Waals surface area (Å²) in [4.78, 5) is 7.26. The van der Waals surface area contributed by atoms with Crippen molar-refractivity contribution >= 4 is 27.6 Å². The molecule has 2 heterocycles. The number of aromatic nitrogens is 1. The zero-order chi connectivity index (χ0) is 18.2. The highest BCUT2D eigenvalue weighted by Crippen LogP contribution is 2.25. The van der Waals surface area contributed by atoms with Crippen molar-refractivity contribution in [3.8, 4) is 0 Å². The molecular formula is C20H28BrN5. The number of benzene rings is 1. The van der Waals surface area contributed by atoms with Crippen molar-refractivity contribution < 1.29 is 0 Å². The standard InChI is InChI=1S/C20H28BrN5/c1-2-22-20(23-10-14-25-11-3-4-12-25)24-15-17-9-13-26(16-17)19-7-5-18(21)6-8-19/h3-8,11-12,17H,2,9-10,13-16H2,1H3,(H2,22,23,24). The third-order valence-corrected chi connectivity index (χ3v) is 5.19. The summed E-state index contributed by atoms with van der Waals surface area (Å²) in [5.74, 6) is 1.53. The van der Waals surface area contributed by atoms with Gasteiger partial charge >= 0.3 is 0 Å². The molecule has 0 saturated carbocycles. The molecule has 0 spiro atoms. The maximum absolute atomic E-state index is 4.81. The van der Waals surface area contributed by atoms with Gasteiger partial charge in [-0.3, -0.25) is 4.99 Å². The minimum absolute atomic E-state index is 0.610. The number of rotatable bonds is 7.